The Morgan fingerprint density at radius 3 is 1.38 bits per heavy atom. The Labute approximate surface area is 195 Å². The molecule has 0 rings (SSSR count). The standard InChI is InChI=1S/C17H15F17O3/c1-3-37-6-4-5-8(7(2)9(35)36)10(18,19)11(20,21)12(22,23)13(24,25)14(26,27)15(28,29)16(30,31)17(32,33)34/h8H,2-6H2,1H3,(H,35,36). The number of rotatable bonds is 14. The molecule has 0 saturated heterocycles. The van der Waals surface area contributed by atoms with E-state index in [9.17, 15) is 79.4 Å². The summed E-state index contributed by atoms with van der Waals surface area (Å²) in [5, 5.41) is 8.69. The van der Waals surface area contributed by atoms with Crippen LogP contribution in [0.1, 0.15) is 19.8 Å². The maximum absolute atomic E-state index is 14.4. The van der Waals surface area contributed by atoms with Gasteiger partial charge in [0.1, 0.15) is 0 Å². The molecule has 1 atom stereocenters. The molecule has 0 aromatic rings. The summed E-state index contributed by atoms with van der Waals surface area (Å²) in [7, 11) is 0. The predicted molar refractivity (Wildman–Crippen MR) is 86.7 cm³/mol. The highest BCUT2D eigenvalue weighted by Gasteiger charge is 2.95. The average Bonchev–Trinajstić information content (AvgIpc) is 2.71. The Kier molecular flexibility index (Phi) is 9.71. The molecular weight excluding hydrogens is 575 g/mol. The van der Waals surface area contributed by atoms with Crippen molar-refractivity contribution in [1.29, 1.82) is 0 Å². The zero-order valence-electron chi connectivity index (χ0n) is 17.8. The summed E-state index contributed by atoms with van der Waals surface area (Å²) >= 11 is 0. The Hall–Kier alpha value is -2.02. The topological polar surface area (TPSA) is 46.5 Å². The molecule has 0 amide bonds. The van der Waals surface area contributed by atoms with Crippen LogP contribution in [0.5, 0.6) is 0 Å². The normalized spacial score (nSPS) is 16.1. The lowest BCUT2D eigenvalue weighted by atomic mass is 9.80. The highest BCUT2D eigenvalue weighted by Crippen LogP contribution is 2.65. The second kappa shape index (κ2) is 10.3. The summed E-state index contributed by atoms with van der Waals surface area (Å²) in [4.78, 5) is 10.9. The first kappa shape index (κ1) is 35.0. The van der Waals surface area contributed by atoms with E-state index in [1.54, 1.807) is 0 Å². The summed E-state index contributed by atoms with van der Waals surface area (Å²) < 4.78 is 232. The fraction of sp³-hybridized carbons (Fsp3) is 0.824. The minimum atomic E-state index is -8.75. The van der Waals surface area contributed by atoms with Crippen molar-refractivity contribution in [2.45, 2.75) is 67.4 Å². The number of aliphatic carboxylic acids is 1. The van der Waals surface area contributed by atoms with Gasteiger partial charge in [0.25, 0.3) is 0 Å². The van der Waals surface area contributed by atoms with Crippen LogP contribution in [0.15, 0.2) is 12.2 Å². The molecule has 220 valence electrons. The summed E-state index contributed by atoms with van der Waals surface area (Å²) in [5.74, 6) is -64.2. The monoisotopic (exact) mass is 590 g/mol. The van der Waals surface area contributed by atoms with Crippen molar-refractivity contribution in [2.75, 3.05) is 13.2 Å². The van der Waals surface area contributed by atoms with Crippen LogP contribution in [0.2, 0.25) is 0 Å². The highest BCUT2D eigenvalue weighted by molar-refractivity contribution is 5.86. The zero-order valence-corrected chi connectivity index (χ0v) is 17.8. The van der Waals surface area contributed by atoms with Crippen LogP contribution >= 0.6 is 0 Å². The number of hydrogen-bond acceptors (Lipinski definition) is 2. The van der Waals surface area contributed by atoms with Gasteiger partial charge in [-0.2, -0.15) is 74.6 Å². The Bertz CT molecular complexity index is 831. The molecule has 0 aromatic heterocycles. The number of alkyl halides is 17. The van der Waals surface area contributed by atoms with Gasteiger partial charge in [-0.05, 0) is 19.8 Å². The van der Waals surface area contributed by atoms with Crippen LogP contribution in [0.25, 0.3) is 0 Å². The molecule has 37 heavy (non-hydrogen) atoms. The van der Waals surface area contributed by atoms with Crippen LogP contribution < -0.4 is 0 Å². The average molecular weight is 590 g/mol. The summed E-state index contributed by atoms with van der Waals surface area (Å²) in [6.45, 7) is 2.79. The van der Waals surface area contributed by atoms with E-state index < -0.39 is 84.5 Å². The third-order valence-corrected chi connectivity index (χ3v) is 4.86. The molecule has 1 unspecified atom stereocenters. The van der Waals surface area contributed by atoms with Gasteiger partial charge in [-0.3, -0.25) is 0 Å². The van der Waals surface area contributed by atoms with E-state index in [-0.39, 0.29) is 6.61 Å². The second-order valence-electron chi connectivity index (χ2n) is 7.29. The minimum Gasteiger partial charge on any atom is -0.478 e. The number of hydrogen-bond donors (Lipinski definition) is 1. The Morgan fingerprint density at radius 2 is 1.05 bits per heavy atom. The maximum atomic E-state index is 14.4. The lowest BCUT2D eigenvalue weighted by Crippen LogP contribution is -2.75. The number of carboxylic acids is 1. The van der Waals surface area contributed by atoms with Crippen molar-refractivity contribution in [2.24, 2.45) is 5.92 Å². The largest absolute Gasteiger partial charge is 0.478 e. The van der Waals surface area contributed by atoms with Gasteiger partial charge < -0.3 is 9.84 Å². The lowest BCUT2D eigenvalue weighted by Gasteiger charge is -2.44. The first-order chi connectivity index (χ1) is 16.1. The Balaban J connectivity index is 6.88. The van der Waals surface area contributed by atoms with Crippen molar-refractivity contribution in [1.82, 2.24) is 0 Å². The SMILES string of the molecule is C=C(C(=O)O)C(CCCOCC)C(F)(F)C(F)(F)C(F)(F)C(F)(F)C(F)(F)C(F)(F)C(F)(F)C(F)(F)F. The van der Waals surface area contributed by atoms with Gasteiger partial charge in [-0.15, -0.1) is 0 Å². The highest BCUT2D eigenvalue weighted by atomic mass is 19.4. The molecule has 0 aromatic carbocycles. The van der Waals surface area contributed by atoms with Crippen molar-refractivity contribution >= 4 is 5.97 Å². The Morgan fingerprint density at radius 1 is 0.703 bits per heavy atom. The number of carboxylic acid groups (broad SMARTS) is 1. The van der Waals surface area contributed by atoms with Crippen molar-refractivity contribution < 1.29 is 89.3 Å². The van der Waals surface area contributed by atoms with E-state index in [1.165, 1.54) is 6.92 Å². The minimum absolute atomic E-state index is 0.173. The lowest BCUT2D eigenvalue weighted by molar-refractivity contribution is -0.463. The van der Waals surface area contributed by atoms with Gasteiger partial charge in [0.15, 0.2) is 0 Å². The van der Waals surface area contributed by atoms with E-state index in [1.807, 2.05) is 0 Å². The molecule has 0 aliphatic heterocycles. The van der Waals surface area contributed by atoms with Crippen molar-refractivity contribution in [3.05, 3.63) is 12.2 Å². The first-order valence-corrected chi connectivity index (χ1v) is 9.26. The quantitative estimate of drug-likeness (QED) is 0.134. The third-order valence-electron chi connectivity index (χ3n) is 4.86. The maximum Gasteiger partial charge on any atom is 0.460 e. The summed E-state index contributed by atoms with van der Waals surface area (Å²) in [6.07, 6.45) is -10.4. The molecule has 0 radical (unpaired) electrons. The number of carbonyl (C=O) groups is 1. The molecule has 0 aliphatic rings. The smallest absolute Gasteiger partial charge is 0.460 e. The van der Waals surface area contributed by atoms with Crippen LogP contribution in [-0.4, -0.2) is 71.9 Å². The summed E-state index contributed by atoms with van der Waals surface area (Å²) in [6, 6.07) is 0. The molecular formula is C17H15F17O3. The first-order valence-electron chi connectivity index (χ1n) is 9.26. The van der Waals surface area contributed by atoms with E-state index in [0.717, 1.165) is 0 Å². The van der Waals surface area contributed by atoms with Crippen LogP contribution in [-0.2, 0) is 9.53 Å². The molecule has 20 heteroatoms. The fourth-order valence-electron chi connectivity index (χ4n) is 2.65. The summed E-state index contributed by atoms with van der Waals surface area (Å²) in [5.41, 5.74) is -2.10. The second-order valence-corrected chi connectivity index (χ2v) is 7.29. The number of ether oxygens (including phenoxy) is 1. The van der Waals surface area contributed by atoms with Gasteiger partial charge in [0, 0.05) is 18.8 Å². The van der Waals surface area contributed by atoms with E-state index in [4.69, 9.17) is 5.11 Å². The van der Waals surface area contributed by atoms with E-state index in [0.29, 0.717) is 0 Å². The van der Waals surface area contributed by atoms with Gasteiger partial charge in [0.2, 0.25) is 0 Å². The molecule has 0 heterocycles. The van der Waals surface area contributed by atoms with Gasteiger partial charge in [-0.25, -0.2) is 4.79 Å². The molecule has 0 aliphatic carbocycles. The molecule has 0 bridgehead atoms. The molecule has 0 saturated carbocycles. The van der Waals surface area contributed by atoms with Crippen LogP contribution in [0.4, 0.5) is 74.6 Å². The van der Waals surface area contributed by atoms with Crippen molar-refractivity contribution in [3.63, 3.8) is 0 Å². The van der Waals surface area contributed by atoms with Gasteiger partial charge in [0.05, 0.1) is 5.92 Å². The molecule has 3 nitrogen and oxygen atoms in total. The fourth-order valence-corrected chi connectivity index (χ4v) is 2.65. The van der Waals surface area contributed by atoms with E-state index >= 15 is 0 Å². The van der Waals surface area contributed by atoms with E-state index in [2.05, 4.69) is 11.3 Å². The van der Waals surface area contributed by atoms with Gasteiger partial charge >= 0.3 is 53.6 Å². The van der Waals surface area contributed by atoms with Crippen LogP contribution in [0.3, 0.4) is 0 Å². The molecule has 0 fully saturated rings. The molecule has 0 spiro atoms. The van der Waals surface area contributed by atoms with Crippen LogP contribution in [0, 0.1) is 5.92 Å². The predicted octanol–water partition coefficient (Wildman–Crippen LogP) is 7.07. The zero-order chi connectivity index (χ0) is 30.3. The number of halogens is 17. The van der Waals surface area contributed by atoms with Gasteiger partial charge in [-0.1, -0.05) is 6.58 Å². The molecule has 1 N–H and O–H groups in total. The third kappa shape index (κ3) is 5.30. The van der Waals surface area contributed by atoms with Crippen molar-refractivity contribution in [3.8, 4) is 0 Å².